The molecule has 2 amide bonds. The quantitative estimate of drug-likeness (QED) is 0.203. The second kappa shape index (κ2) is 13.6. The normalized spacial score (nSPS) is 10.6. The number of para-hydroxylation sites is 2. The summed E-state index contributed by atoms with van der Waals surface area (Å²) < 4.78 is 0. The van der Waals surface area contributed by atoms with E-state index in [-0.39, 0.29) is 11.8 Å². The Balaban J connectivity index is 1.33. The zero-order valence-corrected chi connectivity index (χ0v) is 21.5. The van der Waals surface area contributed by atoms with Gasteiger partial charge < -0.3 is 10.6 Å². The summed E-state index contributed by atoms with van der Waals surface area (Å²) in [4.78, 5) is 27.1. The van der Waals surface area contributed by atoms with Crippen molar-refractivity contribution in [1.29, 1.82) is 0 Å². The fourth-order valence-corrected chi connectivity index (χ4v) is 5.88. The summed E-state index contributed by atoms with van der Waals surface area (Å²) in [6.45, 7) is 0. The number of hydrogen-bond acceptors (Lipinski definition) is 4. The van der Waals surface area contributed by atoms with Gasteiger partial charge >= 0.3 is 0 Å². The van der Waals surface area contributed by atoms with Gasteiger partial charge in [-0.1, -0.05) is 107 Å². The first-order valence-electron chi connectivity index (χ1n) is 11.9. The molecular weight excluding hydrogens is 484 g/mol. The van der Waals surface area contributed by atoms with Crippen LogP contribution in [0.2, 0.25) is 0 Å². The van der Waals surface area contributed by atoms with Gasteiger partial charge in [-0.25, -0.2) is 0 Å². The Labute approximate surface area is 220 Å². The minimum Gasteiger partial charge on any atom is -0.325 e. The molecule has 36 heavy (non-hydrogen) atoms. The summed E-state index contributed by atoms with van der Waals surface area (Å²) in [5, 5.41) is 6.11. The van der Waals surface area contributed by atoms with E-state index in [0.717, 1.165) is 32.3 Å². The summed E-state index contributed by atoms with van der Waals surface area (Å²) in [5.41, 5.74) is 3.87. The predicted octanol–water partition coefficient (Wildman–Crippen LogP) is 7.63. The lowest BCUT2D eigenvalue weighted by atomic mass is 10.1. The summed E-state index contributed by atoms with van der Waals surface area (Å²) in [6, 6.07) is 35.6. The van der Waals surface area contributed by atoms with Crippen LogP contribution in [-0.4, -0.2) is 11.8 Å². The van der Waals surface area contributed by atoms with Crippen molar-refractivity contribution in [3.05, 3.63) is 120 Å². The molecule has 4 nitrogen and oxygen atoms in total. The molecule has 0 aliphatic carbocycles. The topological polar surface area (TPSA) is 58.2 Å². The summed E-state index contributed by atoms with van der Waals surface area (Å²) in [7, 11) is 3.12. The molecule has 0 unspecified atom stereocenters. The van der Waals surface area contributed by atoms with Gasteiger partial charge in [0.1, 0.15) is 0 Å². The number of carbonyl (C=O) groups is 2. The number of benzene rings is 4. The zero-order chi connectivity index (χ0) is 25.0. The number of carbonyl (C=O) groups excluding carboxylic acids is 2. The van der Waals surface area contributed by atoms with Crippen LogP contribution in [0.1, 0.15) is 24.0 Å². The first-order valence-corrected chi connectivity index (χ1v) is 14.0. The Morgan fingerprint density at radius 2 is 0.861 bits per heavy atom. The molecule has 182 valence electrons. The third-order valence-corrected chi connectivity index (χ3v) is 7.99. The lowest BCUT2D eigenvalue weighted by molar-refractivity contribution is -0.117. The molecule has 0 fully saturated rings. The Morgan fingerprint density at radius 1 is 0.500 bits per heavy atom. The van der Waals surface area contributed by atoms with Crippen molar-refractivity contribution in [2.45, 2.75) is 35.5 Å². The molecule has 4 aromatic rings. The summed E-state index contributed by atoms with van der Waals surface area (Å²) >= 11 is 0. The number of aryl methyl sites for hydroxylation is 2. The van der Waals surface area contributed by atoms with E-state index in [2.05, 4.69) is 10.6 Å². The minimum absolute atomic E-state index is 0.0111. The van der Waals surface area contributed by atoms with Gasteiger partial charge in [-0.2, -0.15) is 0 Å². The lowest BCUT2D eigenvalue weighted by Crippen LogP contribution is -2.13. The molecule has 0 bridgehead atoms. The van der Waals surface area contributed by atoms with Gasteiger partial charge in [0.2, 0.25) is 11.8 Å². The molecule has 6 heteroatoms. The average molecular weight is 513 g/mol. The standard InChI is InChI=1S/C30H28N2O2S2/c33-29(21-19-23-11-3-1-4-12-23)31-25-15-7-9-17-27(25)35-36-28-18-10-8-16-26(28)32-30(34)22-20-24-13-5-2-6-14-24/h1-18H,19-22H2,(H,31,33)(H,32,34). The van der Waals surface area contributed by atoms with Crippen molar-refractivity contribution in [2.24, 2.45) is 0 Å². The van der Waals surface area contributed by atoms with Crippen molar-refractivity contribution >= 4 is 44.8 Å². The van der Waals surface area contributed by atoms with Crippen LogP contribution in [0.4, 0.5) is 11.4 Å². The Morgan fingerprint density at radius 3 is 1.28 bits per heavy atom. The van der Waals surface area contributed by atoms with E-state index in [1.165, 1.54) is 0 Å². The first kappa shape index (κ1) is 25.6. The van der Waals surface area contributed by atoms with Gasteiger partial charge in [0.25, 0.3) is 0 Å². The number of rotatable bonds is 11. The van der Waals surface area contributed by atoms with Gasteiger partial charge in [0.05, 0.1) is 11.4 Å². The van der Waals surface area contributed by atoms with Gasteiger partial charge in [0.15, 0.2) is 0 Å². The van der Waals surface area contributed by atoms with Gasteiger partial charge in [-0.05, 0) is 48.2 Å². The molecule has 0 atom stereocenters. The van der Waals surface area contributed by atoms with Crippen molar-refractivity contribution in [3.63, 3.8) is 0 Å². The largest absolute Gasteiger partial charge is 0.325 e. The number of amides is 2. The van der Waals surface area contributed by atoms with E-state index < -0.39 is 0 Å². The van der Waals surface area contributed by atoms with Gasteiger partial charge in [-0.3, -0.25) is 9.59 Å². The van der Waals surface area contributed by atoms with E-state index in [4.69, 9.17) is 0 Å². The highest BCUT2D eigenvalue weighted by atomic mass is 33.1. The minimum atomic E-state index is -0.0111. The highest BCUT2D eigenvalue weighted by molar-refractivity contribution is 8.76. The van der Waals surface area contributed by atoms with Crippen LogP contribution in [-0.2, 0) is 22.4 Å². The second-order valence-electron chi connectivity index (χ2n) is 8.23. The molecule has 0 saturated carbocycles. The maximum atomic E-state index is 12.6. The molecule has 0 aromatic heterocycles. The SMILES string of the molecule is O=C(CCc1ccccc1)Nc1ccccc1SSc1ccccc1NC(=O)CCc1ccccc1. The van der Waals surface area contributed by atoms with Gasteiger partial charge in [0, 0.05) is 22.6 Å². The van der Waals surface area contributed by atoms with Crippen molar-refractivity contribution in [1.82, 2.24) is 0 Å². The number of nitrogens with one attached hydrogen (secondary N) is 2. The van der Waals surface area contributed by atoms with Crippen LogP contribution in [0.5, 0.6) is 0 Å². The maximum absolute atomic E-state index is 12.6. The monoisotopic (exact) mass is 512 g/mol. The molecule has 0 aliphatic rings. The summed E-state index contributed by atoms with van der Waals surface area (Å²) in [6.07, 6.45) is 2.25. The van der Waals surface area contributed by atoms with E-state index in [1.807, 2.05) is 109 Å². The van der Waals surface area contributed by atoms with E-state index >= 15 is 0 Å². The number of hydrogen-bond donors (Lipinski definition) is 2. The molecule has 0 aliphatic heterocycles. The molecule has 0 heterocycles. The molecule has 2 N–H and O–H groups in total. The zero-order valence-electron chi connectivity index (χ0n) is 19.9. The van der Waals surface area contributed by atoms with E-state index in [1.54, 1.807) is 21.6 Å². The van der Waals surface area contributed by atoms with Crippen LogP contribution >= 0.6 is 21.6 Å². The fourth-order valence-electron chi connectivity index (χ4n) is 3.61. The molecule has 0 radical (unpaired) electrons. The van der Waals surface area contributed by atoms with Crippen molar-refractivity contribution < 1.29 is 9.59 Å². The number of anilines is 2. The first-order chi connectivity index (χ1) is 17.7. The van der Waals surface area contributed by atoms with E-state index in [9.17, 15) is 9.59 Å². The van der Waals surface area contributed by atoms with E-state index in [0.29, 0.717) is 25.7 Å². The molecule has 0 spiro atoms. The van der Waals surface area contributed by atoms with Crippen LogP contribution in [0.15, 0.2) is 119 Å². The van der Waals surface area contributed by atoms with Crippen LogP contribution in [0.3, 0.4) is 0 Å². The average Bonchev–Trinajstić information content (AvgIpc) is 2.92. The highest BCUT2D eigenvalue weighted by Crippen LogP contribution is 2.43. The fraction of sp³-hybridized carbons (Fsp3) is 0.133. The second-order valence-corrected chi connectivity index (χ2v) is 10.4. The van der Waals surface area contributed by atoms with Crippen LogP contribution in [0, 0.1) is 0 Å². The van der Waals surface area contributed by atoms with Crippen molar-refractivity contribution in [3.8, 4) is 0 Å². The predicted molar refractivity (Wildman–Crippen MR) is 151 cm³/mol. The third kappa shape index (κ3) is 8.04. The molecule has 4 aromatic carbocycles. The van der Waals surface area contributed by atoms with Crippen molar-refractivity contribution in [2.75, 3.05) is 10.6 Å². The van der Waals surface area contributed by atoms with Crippen LogP contribution in [0.25, 0.3) is 0 Å². The highest BCUT2D eigenvalue weighted by Gasteiger charge is 2.11. The lowest BCUT2D eigenvalue weighted by Gasteiger charge is -2.13. The molecule has 4 rings (SSSR count). The molecular formula is C30H28N2O2S2. The third-order valence-electron chi connectivity index (χ3n) is 5.51. The summed E-state index contributed by atoms with van der Waals surface area (Å²) in [5.74, 6) is -0.0223. The van der Waals surface area contributed by atoms with Gasteiger partial charge in [-0.15, -0.1) is 0 Å². The Hall–Kier alpha value is -3.48. The Kier molecular flexibility index (Phi) is 9.65. The molecule has 0 saturated heterocycles. The Bertz CT molecular complexity index is 1180. The smallest absolute Gasteiger partial charge is 0.224 e. The van der Waals surface area contributed by atoms with Crippen LogP contribution < -0.4 is 10.6 Å². The maximum Gasteiger partial charge on any atom is 0.224 e.